The van der Waals surface area contributed by atoms with E-state index in [1.165, 1.54) is 6.54 Å². The van der Waals surface area contributed by atoms with Gasteiger partial charge < -0.3 is 10.0 Å². The Balaban J connectivity index is 1.43. The minimum Gasteiger partial charge on any atom is -0.393 e. The molecule has 2 heterocycles. The normalized spacial score (nSPS) is 33.0. The number of aliphatic hydroxyl groups excluding tert-OH is 1. The Labute approximate surface area is 141 Å². The van der Waals surface area contributed by atoms with Crippen molar-refractivity contribution >= 4 is 10.0 Å². The largest absolute Gasteiger partial charge is 0.393 e. The highest BCUT2D eigenvalue weighted by atomic mass is 32.2. The van der Waals surface area contributed by atoms with Gasteiger partial charge in [-0.1, -0.05) is 0 Å². The molecule has 1 saturated carbocycles. The summed E-state index contributed by atoms with van der Waals surface area (Å²) in [6, 6.07) is 0. The predicted octanol–water partition coefficient (Wildman–Crippen LogP) is 1.67. The number of hydrogen-bond donors (Lipinski definition) is 1. The molecule has 5 nitrogen and oxygen atoms in total. The summed E-state index contributed by atoms with van der Waals surface area (Å²) >= 11 is 0. The number of likely N-dealkylation sites (tertiary alicyclic amines) is 1. The molecule has 0 amide bonds. The van der Waals surface area contributed by atoms with Crippen molar-refractivity contribution in [1.82, 2.24) is 9.21 Å². The van der Waals surface area contributed by atoms with Crippen molar-refractivity contribution in [3.8, 4) is 0 Å². The van der Waals surface area contributed by atoms with E-state index >= 15 is 0 Å². The van der Waals surface area contributed by atoms with Crippen LogP contribution in [0.1, 0.15) is 52.4 Å². The molecule has 0 radical (unpaired) electrons. The summed E-state index contributed by atoms with van der Waals surface area (Å²) in [5, 5.41) is 9.28. The molecule has 3 rings (SSSR count). The van der Waals surface area contributed by atoms with Crippen LogP contribution in [0.2, 0.25) is 0 Å². The fraction of sp³-hybridized carbons (Fsp3) is 1.00. The van der Waals surface area contributed by atoms with E-state index in [2.05, 4.69) is 4.90 Å². The van der Waals surface area contributed by atoms with Gasteiger partial charge in [-0.2, -0.15) is 0 Å². The first-order chi connectivity index (χ1) is 10.8. The molecule has 0 aromatic heterocycles. The summed E-state index contributed by atoms with van der Waals surface area (Å²) in [4.78, 5) is 2.55. The zero-order valence-electron chi connectivity index (χ0n) is 14.6. The van der Waals surface area contributed by atoms with Gasteiger partial charge in [0, 0.05) is 32.7 Å². The molecular weight excluding hydrogens is 312 g/mol. The fourth-order valence-electron chi connectivity index (χ4n) is 4.55. The second-order valence-electron chi connectivity index (χ2n) is 8.34. The molecule has 1 spiro atoms. The number of nitrogens with zero attached hydrogens (tertiary/aromatic N) is 2. The lowest BCUT2D eigenvalue weighted by Gasteiger charge is -2.55. The zero-order valence-corrected chi connectivity index (χ0v) is 15.4. The van der Waals surface area contributed by atoms with Crippen molar-refractivity contribution in [2.24, 2.45) is 11.3 Å². The highest BCUT2D eigenvalue weighted by molar-refractivity contribution is 7.89. The molecule has 2 aliphatic heterocycles. The topological polar surface area (TPSA) is 60.9 Å². The maximum absolute atomic E-state index is 12.3. The van der Waals surface area contributed by atoms with Crippen LogP contribution in [0, 0.1) is 11.3 Å². The summed E-state index contributed by atoms with van der Waals surface area (Å²) in [7, 11) is -3.08. The monoisotopic (exact) mass is 344 g/mol. The first-order valence-electron chi connectivity index (χ1n) is 9.20. The fourth-order valence-corrected chi connectivity index (χ4v) is 5.84. The summed E-state index contributed by atoms with van der Waals surface area (Å²) in [6.45, 7) is 8.39. The van der Waals surface area contributed by atoms with Crippen molar-refractivity contribution in [3.63, 3.8) is 0 Å². The van der Waals surface area contributed by atoms with E-state index in [4.69, 9.17) is 0 Å². The van der Waals surface area contributed by atoms with Crippen LogP contribution in [-0.2, 0) is 10.0 Å². The Morgan fingerprint density at radius 1 is 1.09 bits per heavy atom. The SMILES string of the molecule is CC(C)S(=O)(=O)N1CCC2(CC1)CN(CC1CCC(O)CC1)C2. The van der Waals surface area contributed by atoms with E-state index in [1.807, 2.05) is 0 Å². The number of hydrogen-bond acceptors (Lipinski definition) is 4. The smallest absolute Gasteiger partial charge is 0.216 e. The van der Waals surface area contributed by atoms with Gasteiger partial charge in [0.05, 0.1) is 11.4 Å². The average molecular weight is 345 g/mol. The van der Waals surface area contributed by atoms with Crippen LogP contribution in [0.4, 0.5) is 0 Å². The molecule has 1 N–H and O–H groups in total. The van der Waals surface area contributed by atoms with Crippen molar-refractivity contribution in [2.45, 2.75) is 63.7 Å². The van der Waals surface area contributed by atoms with Gasteiger partial charge in [-0.05, 0) is 63.7 Å². The van der Waals surface area contributed by atoms with Crippen LogP contribution in [0.15, 0.2) is 0 Å². The van der Waals surface area contributed by atoms with Crippen LogP contribution in [0.25, 0.3) is 0 Å². The summed E-state index contributed by atoms with van der Waals surface area (Å²) < 4.78 is 26.2. The first-order valence-corrected chi connectivity index (χ1v) is 10.7. The Hall–Kier alpha value is -0.170. The minimum atomic E-state index is -3.08. The number of aliphatic hydroxyl groups is 1. The summed E-state index contributed by atoms with van der Waals surface area (Å²) in [6.07, 6.45) is 6.20. The number of sulfonamides is 1. The van der Waals surface area contributed by atoms with Crippen LogP contribution in [-0.4, -0.2) is 66.8 Å². The molecule has 0 atom stereocenters. The second-order valence-corrected chi connectivity index (χ2v) is 10.8. The van der Waals surface area contributed by atoms with Crippen LogP contribution in [0.3, 0.4) is 0 Å². The van der Waals surface area contributed by atoms with Gasteiger partial charge in [0.1, 0.15) is 0 Å². The van der Waals surface area contributed by atoms with Gasteiger partial charge in [0.15, 0.2) is 0 Å². The van der Waals surface area contributed by atoms with E-state index in [9.17, 15) is 13.5 Å². The number of piperidine rings is 1. The van der Waals surface area contributed by atoms with Crippen LogP contribution >= 0.6 is 0 Å². The lowest BCUT2D eigenvalue weighted by atomic mass is 9.71. The van der Waals surface area contributed by atoms with Gasteiger partial charge >= 0.3 is 0 Å². The Kier molecular flexibility index (Phi) is 5.08. The lowest BCUT2D eigenvalue weighted by Crippen LogP contribution is -2.61. The predicted molar refractivity (Wildman–Crippen MR) is 91.7 cm³/mol. The molecule has 3 fully saturated rings. The standard InChI is InChI=1S/C17H32N2O3S/c1-14(2)23(21,22)19-9-7-17(8-10-19)12-18(13-17)11-15-3-5-16(20)6-4-15/h14-16,20H,3-13H2,1-2H3. The van der Waals surface area contributed by atoms with Crippen molar-refractivity contribution in [2.75, 3.05) is 32.7 Å². The molecule has 0 aromatic rings. The third-order valence-corrected chi connectivity index (χ3v) is 8.47. The summed E-state index contributed by atoms with van der Waals surface area (Å²) in [5.41, 5.74) is 0.372. The van der Waals surface area contributed by atoms with Crippen molar-refractivity contribution < 1.29 is 13.5 Å². The zero-order chi connectivity index (χ0) is 16.7. The maximum atomic E-state index is 12.3. The van der Waals surface area contributed by atoms with Gasteiger partial charge in [-0.3, -0.25) is 0 Å². The van der Waals surface area contributed by atoms with E-state index in [1.54, 1.807) is 18.2 Å². The van der Waals surface area contributed by atoms with Crippen molar-refractivity contribution in [1.29, 1.82) is 0 Å². The molecule has 0 bridgehead atoms. The Morgan fingerprint density at radius 2 is 1.65 bits per heavy atom. The third-order valence-electron chi connectivity index (χ3n) is 6.19. The molecular formula is C17H32N2O3S. The van der Waals surface area contributed by atoms with E-state index in [-0.39, 0.29) is 11.4 Å². The van der Waals surface area contributed by atoms with Gasteiger partial charge in [-0.25, -0.2) is 12.7 Å². The van der Waals surface area contributed by atoms with Crippen LogP contribution < -0.4 is 0 Å². The molecule has 3 aliphatic rings. The average Bonchev–Trinajstić information content (AvgIpc) is 2.48. The van der Waals surface area contributed by atoms with E-state index < -0.39 is 10.0 Å². The van der Waals surface area contributed by atoms with E-state index in [0.29, 0.717) is 18.5 Å². The van der Waals surface area contributed by atoms with E-state index in [0.717, 1.165) is 57.5 Å². The highest BCUT2D eigenvalue weighted by Gasteiger charge is 2.46. The van der Waals surface area contributed by atoms with Gasteiger partial charge in [0.2, 0.25) is 10.0 Å². The third kappa shape index (κ3) is 3.75. The van der Waals surface area contributed by atoms with Gasteiger partial charge in [0.25, 0.3) is 0 Å². The first kappa shape index (κ1) is 17.6. The number of rotatable bonds is 4. The molecule has 0 unspecified atom stereocenters. The quantitative estimate of drug-likeness (QED) is 0.843. The molecule has 0 aromatic carbocycles. The Bertz CT molecular complexity index is 496. The highest BCUT2D eigenvalue weighted by Crippen LogP contribution is 2.42. The van der Waals surface area contributed by atoms with Crippen LogP contribution in [0.5, 0.6) is 0 Å². The lowest BCUT2D eigenvalue weighted by molar-refractivity contribution is -0.0474. The summed E-state index contributed by atoms with van der Waals surface area (Å²) in [5.74, 6) is 0.747. The van der Waals surface area contributed by atoms with Gasteiger partial charge in [-0.15, -0.1) is 0 Å². The molecule has 23 heavy (non-hydrogen) atoms. The second kappa shape index (κ2) is 6.62. The van der Waals surface area contributed by atoms with Crippen molar-refractivity contribution in [3.05, 3.63) is 0 Å². The molecule has 2 saturated heterocycles. The Morgan fingerprint density at radius 3 is 2.17 bits per heavy atom. The molecule has 134 valence electrons. The molecule has 1 aliphatic carbocycles. The minimum absolute atomic E-state index is 0.0683. The molecule has 6 heteroatoms. The maximum Gasteiger partial charge on any atom is 0.216 e.